The summed E-state index contributed by atoms with van der Waals surface area (Å²) in [5.41, 5.74) is 2.73. The van der Waals surface area contributed by atoms with Crippen LogP contribution in [0.5, 0.6) is 0 Å². The quantitative estimate of drug-likeness (QED) is 0.427. The van der Waals surface area contributed by atoms with E-state index in [4.69, 9.17) is 13.7 Å². The monoisotopic (exact) mass is 401 g/mol. The van der Waals surface area contributed by atoms with Crippen LogP contribution in [0.3, 0.4) is 0 Å². The molecular weight excluding hydrogens is 382 g/mol. The number of rotatable bonds is 7. The fraction of sp³-hybridized carbons (Fsp3) is 0.250. The van der Waals surface area contributed by atoms with Gasteiger partial charge in [-0.2, -0.15) is 0 Å². The van der Waals surface area contributed by atoms with Crippen molar-refractivity contribution < 1.29 is 28.0 Å². The van der Waals surface area contributed by atoms with Gasteiger partial charge in [0.2, 0.25) is 5.76 Å². The molecule has 0 amide bonds. The molecule has 1 aromatic carbocycles. The zero-order valence-electron chi connectivity index (χ0n) is 15.7. The minimum atomic E-state index is -0.619. The van der Waals surface area contributed by atoms with Crippen molar-refractivity contribution in [1.29, 1.82) is 0 Å². The average Bonchev–Trinajstić information content (AvgIpc) is 3.30. The van der Waals surface area contributed by atoms with Gasteiger partial charge < -0.3 is 18.4 Å². The molecule has 0 saturated carbocycles. The van der Waals surface area contributed by atoms with E-state index in [0.717, 1.165) is 21.9 Å². The molecule has 7 nitrogen and oxygen atoms in total. The maximum atomic E-state index is 12.6. The van der Waals surface area contributed by atoms with Crippen molar-refractivity contribution in [3.63, 3.8) is 0 Å². The number of aryl methyl sites for hydroxylation is 2. The molecule has 0 unspecified atom stereocenters. The van der Waals surface area contributed by atoms with E-state index in [1.807, 2.05) is 26.0 Å². The molecule has 0 bridgehead atoms. The van der Waals surface area contributed by atoms with Crippen molar-refractivity contribution in [2.75, 3.05) is 7.11 Å². The lowest BCUT2D eigenvalue weighted by atomic mass is 10.2. The highest BCUT2D eigenvalue weighted by Gasteiger charge is 2.19. The standard InChI is InChI=1S/C20H19NO6S/c1-12-16(13(2)27-21-12)11-28-17-7-5-4-6-15(17)19(22)26-10-14-8-9-25-18(14)20(23)24-3/h4-9H,10-11H2,1-3H3. The summed E-state index contributed by atoms with van der Waals surface area (Å²) in [6.07, 6.45) is 1.35. The Kier molecular flexibility index (Phi) is 6.20. The van der Waals surface area contributed by atoms with Crippen LogP contribution in [0.1, 0.15) is 43.5 Å². The molecule has 28 heavy (non-hydrogen) atoms. The van der Waals surface area contributed by atoms with Crippen LogP contribution in [0, 0.1) is 13.8 Å². The van der Waals surface area contributed by atoms with Gasteiger partial charge in [-0.3, -0.25) is 0 Å². The van der Waals surface area contributed by atoms with Crippen LogP contribution >= 0.6 is 11.8 Å². The van der Waals surface area contributed by atoms with Crippen molar-refractivity contribution in [2.45, 2.75) is 31.1 Å². The van der Waals surface area contributed by atoms with E-state index in [-0.39, 0.29) is 12.4 Å². The van der Waals surface area contributed by atoms with Crippen LogP contribution in [0.4, 0.5) is 0 Å². The largest absolute Gasteiger partial charge is 0.463 e. The minimum Gasteiger partial charge on any atom is -0.463 e. The highest BCUT2D eigenvalue weighted by atomic mass is 32.2. The number of carbonyl (C=O) groups is 2. The topological polar surface area (TPSA) is 91.8 Å². The van der Waals surface area contributed by atoms with E-state index in [2.05, 4.69) is 9.89 Å². The van der Waals surface area contributed by atoms with Gasteiger partial charge in [-0.15, -0.1) is 11.8 Å². The molecule has 0 fully saturated rings. The lowest BCUT2D eigenvalue weighted by Crippen LogP contribution is -2.09. The highest BCUT2D eigenvalue weighted by molar-refractivity contribution is 7.98. The van der Waals surface area contributed by atoms with Crippen LogP contribution in [0.25, 0.3) is 0 Å². The number of furan rings is 1. The maximum Gasteiger partial charge on any atom is 0.374 e. The molecule has 2 heterocycles. The van der Waals surface area contributed by atoms with Gasteiger partial charge in [0.1, 0.15) is 12.4 Å². The van der Waals surface area contributed by atoms with Crippen LogP contribution in [0.2, 0.25) is 0 Å². The molecule has 0 aliphatic rings. The minimum absolute atomic E-state index is 0.0244. The number of thioether (sulfide) groups is 1. The summed E-state index contributed by atoms with van der Waals surface area (Å²) in [5.74, 6) is 0.307. The normalized spacial score (nSPS) is 10.7. The third kappa shape index (κ3) is 4.28. The number of aromatic nitrogens is 1. The van der Waals surface area contributed by atoms with Crippen molar-refractivity contribution in [1.82, 2.24) is 5.16 Å². The molecule has 0 aliphatic carbocycles. The second-order valence-corrected chi connectivity index (χ2v) is 6.95. The third-order valence-electron chi connectivity index (χ3n) is 4.14. The molecule has 0 saturated heterocycles. The van der Waals surface area contributed by atoms with Gasteiger partial charge in [0.25, 0.3) is 0 Å². The predicted molar refractivity (Wildman–Crippen MR) is 101 cm³/mol. The molecule has 0 atom stereocenters. The van der Waals surface area contributed by atoms with E-state index >= 15 is 0 Å². The van der Waals surface area contributed by atoms with E-state index in [1.54, 1.807) is 18.2 Å². The molecule has 0 spiro atoms. The third-order valence-corrected chi connectivity index (χ3v) is 5.24. The summed E-state index contributed by atoms with van der Waals surface area (Å²) < 4.78 is 20.3. The van der Waals surface area contributed by atoms with Crippen molar-refractivity contribution in [3.8, 4) is 0 Å². The van der Waals surface area contributed by atoms with Crippen molar-refractivity contribution >= 4 is 23.7 Å². The zero-order valence-corrected chi connectivity index (χ0v) is 16.5. The average molecular weight is 401 g/mol. The number of methoxy groups -OCH3 is 1. The predicted octanol–water partition coefficient (Wildman–Crippen LogP) is 4.32. The number of hydrogen-bond donors (Lipinski definition) is 0. The Labute approximate surface area is 166 Å². The SMILES string of the molecule is COC(=O)c1occc1COC(=O)c1ccccc1SCc1c(C)noc1C. The molecule has 0 aliphatic heterocycles. The number of esters is 2. The second kappa shape index (κ2) is 8.79. The van der Waals surface area contributed by atoms with Gasteiger partial charge in [-0.25, -0.2) is 9.59 Å². The Morgan fingerprint density at radius 3 is 2.64 bits per heavy atom. The Hall–Kier alpha value is -3.00. The van der Waals surface area contributed by atoms with Crippen molar-refractivity contribution in [3.05, 3.63) is 70.5 Å². The zero-order chi connectivity index (χ0) is 20.1. The first kappa shape index (κ1) is 19.8. The summed E-state index contributed by atoms with van der Waals surface area (Å²) in [4.78, 5) is 25.0. The van der Waals surface area contributed by atoms with Gasteiger partial charge >= 0.3 is 11.9 Å². The van der Waals surface area contributed by atoms with Gasteiger partial charge in [0, 0.05) is 21.8 Å². The number of ether oxygens (including phenoxy) is 2. The fourth-order valence-corrected chi connectivity index (χ4v) is 3.75. The number of hydrogen-bond acceptors (Lipinski definition) is 8. The Morgan fingerprint density at radius 1 is 1.14 bits per heavy atom. The Bertz CT molecular complexity index is 971. The molecule has 3 aromatic rings. The first-order valence-electron chi connectivity index (χ1n) is 8.46. The van der Waals surface area contributed by atoms with Gasteiger partial charge in [0.05, 0.1) is 24.6 Å². The number of nitrogens with zero attached hydrogens (tertiary/aromatic N) is 1. The second-order valence-electron chi connectivity index (χ2n) is 5.93. The van der Waals surface area contributed by atoms with Crippen LogP contribution in [-0.2, 0) is 21.8 Å². The van der Waals surface area contributed by atoms with Crippen molar-refractivity contribution in [2.24, 2.45) is 0 Å². The molecule has 146 valence electrons. The summed E-state index contributed by atoms with van der Waals surface area (Å²) in [5, 5.41) is 3.95. The molecule has 8 heteroatoms. The smallest absolute Gasteiger partial charge is 0.374 e. The van der Waals surface area contributed by atoms with Gasteiger partial charge in [-0.05, 0) is 32.0 Å². The summed E-state index contributed by atoms with van der Waals surface area (Å²) in [7, 11) is 1.26. The van der Waals surface area contributed by atoms with Gasteiger partial charge in [-0.1, -0.05) is 17.3 Å². The molecule has 0 N–H and O–H groups in total. The molecule has 0 radical (unpaired) electrons. The molecule has 2 aromatic heterocycles. The summed E-state index contributed by atoms with van der Waals surface area (Å²) in [6, 6.07) is 8.76. The lowest BCUT2D eigenvalue weighted by molar-refractivity contribution is 0.0450. The van der Waals surface area contributed by atoms with E-state index in [9.17, 15) is 9.59 Å². The number of carbonyl (C=O) groups excluding carboxylic acids is 2. The summed E-state index contributed by atoms with van der Waals surface area (Å²) in [6.45, 7) is 3.65. The Balaban J connectivity index is 1.69. The summed E-state index contributed by atoms with van der Waals surface area (Å²) >= 11 is 1.50. The maximum absolute atomic E-state index is 12.6. The van der Waals surface area contributed by atoms with Gasteiger partial charge in [0.15, 0.2) is 0 Å². The van der Waals surface area contributed by atoms with Crippen LogP contribution in [-0.4, -0.2) is 24.2 Å². The van der Waals surface area contributed by atoms with E-state index < -0.39 is 11.9 Å². The highest BCUT2D eigenvalue weighted by Crippen LogP contribution is 2.29. The van der Waals surface area contributed by atoms with Crippen LogP contribution < -0.4 is 0 Å². The lowest BCUT2D eigenvalue weighted by Gasteiger charge is -2.09. The van der Waals surface area contributed by atoms with Crippen LogP contribution in [0.15, 0.2) is 50.4 Å². The van der Waals surface area contributed by atoms with E-state index in [1.165, 1.54) is 25.1 Å². The first-order chi connectivity index (χ1) is 13.5. The number of benzene rings is 1. The fourth-order valence-electron chi connectivity index (χ4n) is 2.56. The van der Waals surface area contributed by atoms with E-state index in [0.29, 0.717) is 16.9 Å². The molecular formula is C20H19NO6S. The molecule has 3 rings (SSSR count). The first-order valence-corrected chi connectivity index (χ1v) is 9.45. The Morgan fingerprint density at radius 2 is 1.93 bits per heavy atom.